The lowest BCUT2D eigenvalue weighted by Gasteiger charge is -2.05. The van der Waals surface area contributed by atoms with Gasteiger partial charge in [-0.25, -0.2) is 18.4 Å². The van der Waals surface area contributed by atoms with E-state index in [1.54, 1.807) is 6.07 Å². The maximum Gasteiger partial charge on any atom is 0.271 e. The molecule has 3 rings (SSSR count). The minimum absolute atomic E-state index is 0.155. The molecule has 3 heterocycles. The number of halogens is 1. The topological polar surface area (TPSA) is 87.7 Å². The third-order valence-electron chi connectivity index (χ3n) is 2.34. The minimum atomic E-state index is -3.63. The molecule has 9 heteroatoms. The van der Waals surface area contributed by atoms with Crippen molar-refractivity contribution in [3.63, 3.8) is 0 Å². The van der Waals surface area contributed by atoms with Crippen molar-refractivity contribution in [3.05, 3.63) is 35.1 Å². The van der Waals surface area contributed by atoms with Crippen LogP contribution in [0.5, 0.6) is 0 Å². The summed E-state index contributed by atoms with van der Waals surface area (Å²) in [7, 11) is -3.63. The maximum absolute atomic E-state index is 12.1. The van der Waals surface area contributed by atoms with Crippen LogP contribution >= 0.6 is 22.9 Å². The molecule has 0 bridgehead atoms. The monoisotopic (exact) mass is 314 g/mol. The van der Waals surface area contributed by atoms with Crippen LogP contribution < -0.4 is 4.72 Å². The normalized spacial score (nSPS) is 11.8. The Kier molecular flexibility index (Phi) is 2.92. The van der Waals surface area contributed by atoms with Gasteiger partial charge in [-0.3, -0.25) is 4.72 Å². The fraction of sp³-hybridized carbons (Fsp3) is 0. The molecule has 2 N–H and O–H groups in total. The molecule has 0 unspecified atom stereocenters. The number of rotatable bonds is 3. The van der Waals surface area contributed by atoms with Crippen molar-refractivity contribution in [3.8, 4) is 0 Å². The molecule has 0 aliphatic rings. The van der Waals surface area contributed by atoms with Crippen LogP contribution in [0.15, 0.2) is 34.9 Å². The van der Waals surface area contributed by atoms with E-state index in [9.17, 15) is 8.42 Å². The quantitative estimate of drug-likeness (QED) is 0.777. The smallest absolute Gasteiger partial charge is 0.271 e. The summed E-state index contributed by atoms with van der Waals surface area (Å²) < 4.78 is 27.2. The number of pyridine rings is 1. The van der Waals surface area contributed by atoms with Gasteiger partial charge in [-0.15, -0.1) is 11.3 Å². The highest BCUT2D eigenvalue weighted by Gasteiger charge is 2.17. The maximum atomic E-state index is 12.1. The van der Waals surface area contributed by atoms with Gasteiger partial charge in [0, 0.05) is 0 Å². The number of hydrogen-bond acceptors (Lipinski definition) is 5. The van der Waals surface area contributed by atoms with E-state index in [4.69, 9.17) is 11.6 Å². The molecule has 3 aromatic rings. The number of nitrogens with zero attached hydrogens (tertiary/aromatic N) is 2. The summed E-state index contributed by atoms with van der Waals surface area (Å²) in [6.45, 7) is 0. The first-order valence-electron chi connectivity index (χ1n) is 5.12. The van der Waals surface area contributed by atoms with Gasteiger partial charge >= 0.3 is 0 Å². The summed E-state index contributed by atoms with van der Waals surface area (Å²) in [5.41, 5.74) is 1.55. The Labute approximate surface area is 117 Å². The standard InChI is InChI=1S/C10H7ClN4O2S2/c11-8-1-2-9(18-8)19(16,17)15-6-3-7-10(12-4-6)14-5-13-7/h1-5,15H,(H,12,13,14). The van der Waals surface area contributed by atoms with Crippen LogP contribution in [0.1, 0.15) is 0 Å². The van der Waals surface area contributed by atoms with Crippen LogP contribution in [0.2, 0.25) is 4.34 Å². The van der Waals surface area contributed by atoms with E-state index in [2.05, 4.69) is 19.7 Å². The fourth-order valence-electron chi connectivity index (χ4n) is 1.53. The summed E-state index contributed by atoms with van der Waals surface area (Å²) in [6, 6.07) is 4.62. The van der Waals surface area contributed by atoms with Gasteiger partial charge in [-0.2, -0.15) is 0 Å². The summed E-state index contributed by atoms with van der Waals surface area (Å²) >= 11 is 6.73. The number of fused-ring (bicyclic) bond motifs is 1. The molecule has 0 amide bonds. The van der Waals surface area contributed by atoms with Gasteiger partial charge in [-0.1, -0.05) is 11.6 Å². The molecule has 6 nitrogen and oxygen atoms in total. The molecular weight excluding hydrogens is 308 g/mol. The van der Waals surface area contributed by atoms with Crippen molar-refractivity contribution >= 4 is 49.8 Å². The number of H-pyrrole nitrogens is 1. The van der Waals surface area contributed by atoms with Crippen LogP contribution in [-0.2, 0) is 10.0 Å². The van der Waals surface area contributed by atoms with Crippen molar-refractivity contribution in [2.75, 3.05) is 4.72 Å². The zero-order valence-electron chi connectivity index (χ0n) is 9.29. The molecule has 0 atom stereocenters. The van der Waals surface area contributed by atoms with Crippen molar-refractivity contribution < 1.29 is 8.42 Å². The first-order chi connectivity index (χ1) is 9.04. The predicted octanol–water partition coefficient (Wildman–Crippen LogP) is 2.47. The van der Waals surface area contributed by atoms with Crippen LogP contribution in [0.25, 0.3) is 11.2 Å². The number of hydrogen-bond donors (Lipinski definition) is 2. The molecule has 0 fully saturated rings. The van der Waals surface area contributed by atoms with Crippen molar-refractivity contribution in [2.24, 2.45) is 0 Å². The Balaban J connectivity index is 1.95. The fourth-order valence-corrected chi connectivity index (χ4v) is 4.05. The zero-order valence-corrected chi connectivity index (χ0v) is 11.7. The van der Waals surface area contributed by atoms with Crippen molar-refractivity contribution in [1.82, 2.24) is 15.0 Å². The molecule has 98 valence electrons. The van der Waals surface area contributed by atoms with Crippen molar-refractivity contribution in [1.29, 1.82) is 0 Å². The van der Waals surface area contributed by atoms with Crippen LogP contribution in [-0.4, -0.2) is 23.4 Å². The Morgan fingerprint density at radius 2 is 2.16 bits per heavy atom. The zero-order chi connectivity index (χ0) is 13.5. The Morgan fingerprint density at radius 1 is 1.32 bits per heavy atom. The number of imidazole rings is 1. The Morgan fingerprint density at radius 3 is 2.89 bits per heavy atom. The number of nitrogens with one attached hydrogen (secondary N) is 2. The highest BCUT2D eigenvalue weighted by molar-refractivity contribution is 7.94. The summed E-state index contributed by atoms with van der Waals surface area (Å²) in [6.07, 6.45) is 2.91. The molecule has 0 aliphatic carbocycles. The molecule has 3 aromatic heterocycles. The summed E-state index contributed by atoms with van der Waals surface area (Å²) in [5.74, 6) is 0. The lowest BCUT2D eigenvalue weighted by Crippen LogP contribution is -2.11. The Hall–Kier alpha value is -1.64. The van der Waals surface area contributed by atoms with E-state index in [1.165, 1.54) is 24.7 Å². The highest BCUT2D eigenvalue weighted by atomic mass is 35.5. The van der Waals surface area contributed by atoms with E-state index in [0.29, 0.717) is 21.2 Å². The molecule has 0 aromatic carbocycles. The molecular formula is C10H7ClN4O2S2. The molecule has 19 heavy (non-hydrogen) atoms. The van der Waals surface area contributed by atoms with E-state index >= 15 is 0 Å². The average molecular weight is 315 g/mol. The van der Waals surface area contributed by atoms with Crippen LogP contribution in [0.4, 0.5) is 5.69 Å². The third-order valence-corrected chi connectivity index (χ3v) is 5.44. The summed E-state index contributed by atoms with van der Waals surface area (Å²) in [4.78, 5) is 10.9. The Bertz CT molecular complexity index is 840. The van der Waals surface area contributed by atoms with E-state index in [1.807, 2.05) is 0 Å². The van der Waals surface area contributed by atoms with Gasteiger partial charge < -0.3 is 4.98 Å². The van der Waals surface area contributed by atoms with Gasteiger partial charge in [0.2, 0.25) is 0 Å². The second-order valence-corrected chi connectivity index (χ2v) is 7.29. The van der Waals surface area contributed by atoms with Gasteiger partial charge in [0.05, 0.1) is 28.1 Å². The SMILES string of the molecule is O=S(=O)(Nc1cnc2nc[nH]c2c1)c1ccc(Cl)s1. The molecule has 0 spiro atoms. The molecule has 0 saturated heterocycles. The molecule has 0 radical (unpaired) electrons. The van der Waals surface area contributed by atoms with Gasteiger partial charge in [0.15, 0.2) is 5.65 Å². The van der Waals surface area contributed by atoms with Crippen LogP contribution in [0, 0.1) is 0 Å². The second kappa shape index (κ2) is 4.48. The molecule has 0 aliphatic heterocycles. The lowest BCUT2D eigenvalue weighted by molar-refractivity contribution is 0.603. The van der Waals surface area contributed by atoms with E-state index in [-0.39, 0.29) is 4.21 Å². The van der Waals surface area contributed by atoms with Crippen molar-refractivity contribution in [2.45, 2.75) is 4.21 Å². The minimum Gasteiger partial charge on any atom is -0.343 e. The highest BCUT2D eigenvalue weighted by Crippen LogP contribution is 2.27. The van der Waals surface area contributed by atoms with Gasteiger partial charge in [-0.05, 0) is 18.2 Å². The first kappa shape index (κ1) is 12.4. The number of thiophene rings is 1. The number of aromatic amines is 1. The lowest BCUT2D eigenvalue weighted by atomic mass is 10.4. The number of sulfonamides is 1. The average Bonchev–Trinajstić information content (AvgIpc) is 2.96. The predicted molar refractivity (Wildman–Crippen MR) is 74.0 cm³/mol. The number of anilines is 1. The summed E-state index contributed by atoms with van der Waals surface area (Å²) in [5, 5.41) is 0. The second-order valence-electron chi connectivity index (χ2n) is 3.66. The van der Waals surface area contributed by atoms with Gasteiger partial charge in [0.25, 0.3) is 10.0 Å². The van der Waals surface area contributed by atoms with Crippen LogP contribution in [0.3, 0.4) is 0 Å². The number of aromatic nitrogens is 3. The molecule has 0 saturated carbocycles. The van der Waals surface area contributed by atoms with Gasteiger partial charge in [0.1, 0.15) is 4.21 Å². The largest absolute Gasteiger partial charge is 0.343 e. The van der Waals surface area contributed by atoms with E-state index in [0.717, 1.165) is 11.3 Å². The third kappa shape index (κ3) is 2.42. The first-order valence-corrected chi connectivity index (χ1v) is 7.80. The van der Waals surface area contributed by atoms with E-state index < -0.39 is 10.0 Å².